The second-order valence-corrected chi connectivity index (χ2v) is 4.21. The average molecular weight is 179 g/mol. The zero-order chi connectivity index (χ0) is 8.91. The minimum absolute atomic E-state index is 0.0242. The van der Waals surface area contributed by atoms with E-state index in [0.717, 1.165) is 0 Å². The van der Waals surface area contributed by atoms with Crippen LogP contribution in [-0.2, 0) is 14.8 Å². The fourth-order valence-electron chi connectivity index (χ4n) is 0.527. The molecule has 0 radical (unpaired) electrons. The maximum absolute atomic E-state index is 10.8. The molecule has 0 aliphatic heterocycles. The summed E-state index contributed by atoms with van der Waals surface area (Å²) in [7, 11) is -1.86. The Bertz CT molecular complexity index is 220. The lowest BCUT2D eigenvalue weighted by molar-refractivity contribution is -0.118. The molecule has 0 bridgehead atoms. The number of carbonyl (C=O) groups excluding carboxylic acids is 1. The molecule has 1 N–H and O–H groups in total. The van der Waals surface area contributed by atoms with Crippen molar-refractivity contribution in [3.8, 4) is 0 Å². The molecule has 0 aromatic carbocycles. The van der Waals surface area contributed by atoms with Gasteiger partial charge < -0.3 is 0 Å². The quantitative estimate of drug-likeness (QED) is 0.641. The third-order valence-corrected chi connectivity index (χ3v) is 2.72. The Balaban J connectivity index is 3.80. The predicted octanol–water partition coefficient (Wildman–Crippen LogP) is -0.0952. The molecule has 66 valence electrons. The van der Waals surface area contributed by atoms with Gasteiger partial charge in [-0.05, 0) is 7.05 Å². The number of ketones is 1. The van der Waals surface area contributed by atoms with E-state index < -0.39 is 10.0 Å². The SMILES string of the molecule is CCC(=O)CCS(=O)(=O)NC. The lowest BCUT2D eigenvalue weighted by atomic mass is 10.2. The van der Waals surface area contributed by atoms with E-state index >= 15 is 0 Å². The number of sulfonamides is 1. The van der Waals surface area contributed by atoms with Gasteiger partial charge in [-0.25, -0.2) is 13.1 Å². The molecule has 0 rings (SSSR count). The van der Waals surface area contributed by atoms with Crippen LogP contribution < -0.4 is 4.72 Å². The number of carbonyl (C=O) groups is 1. The van der Waals surface area contributed by atoms with Gasteiger partial charge >= 0.3 is 0 Å². The van der Waals surface area contributed by atoms with Crippen LogP contribution in [0.4, 0.5) is 0 Å². The molecule has 5 heteroatoms. The Morgan fingerprint density at radius 2 is 2.00 bits per heavy atom. The fraction of sp³-hybridized carbons (Fsp3) is 0.833. The molecule has 4 nitrogen and oxygen atoms in total. The first-order valence-electron chi connectivity index (χ1n) is 3.44. The van der Waals surface area contributed by atoms with Crippen LogP contribution in [0.1, 0.15) is 19.8 Å². The highest BCUT2D eigenvalue weighted by Crippen LogP contribution is 1.92. The molecule has 0 unspecified atom stereocenters. The standard InChI is InChI=1S/C6H13NO3S/c1-3-6(8)4-5-11(9,10)7-2/h7H,3-5H2,1-2H3. The van der Waals surface area contributed by atoms with E-state index in [1.165, 1.54) is 7.05 Å². The van der Waals surface area contributed by atoms with Gasteiger partial charge in [-0.2, -0.15) is 0 Å². The number of Topliss-reactive ketones (excluding diaryl/α,β-unsaturated/α-hetero) is 1. The first-order valence-corrected chi connectivity index (χ1v) is 5.10. The van der Waals surface area contributed by atoms with Crippen molar-refractivity contribution in [1.29, 1.82) is 0 Å². The normalized spacial score (nSPS) is 11.5. The monoisotopic (exact) mass is 179 g/mol. The largest absolute Gasteiger partial charge is 0.300 e. The van der Waals surface area contributed by atoms with Crippen LogP contribution in [0.15, 0.2) is 0 Å². The summed E-state index contributed by atoms with van der Waals surface area (Å²) < 4.78 is 23.7. The fourth-order valence-corrected chi connectivity index (χ4v) is 1.23. The molecular weight excluding hydrogens is 166 g/mol. The molecule has 0 aromatic rings. The van der Waals surface area contributed by atoms with E-state index in [1.807, 2.05) is 0 Å². The zero-order valence-electron chi connectivity index (χ0n) is 6.75. The van der Waals surface area contributed by atoms with Gasteiger partial charge in [0.2, 0.25) is 10.0 Å². The van der Waals surface area contributed by atoms with Crippen molar-refractivity contribution in [2.45, 2.75) is 19.8 Å². The Morgan fingerprint density at radius 3 is 2.36 bits per heavy atom. The molecule has 0 heterocycles. The third-order valence-electron chi connectivity index (χ3n) is 1.35. The summed E-state index contributed by atoms with van der Waals surface area (Å²) >= 11 is 0. The van der Waals surface area contributed by atoms with Crippen molar-refractivity contribution >= 4 is 15.8 Å². The van der Waals surface area contributed by atoms with Crippen LogP contribution in [0.5, 0.6) is 0 Å². The molecular formula is C6H13NO3S. The second kappa shape index (κ2) is 4.46. The molecule has 0 saturated carbocycles. The summed E-state index contributed by atoms with van der Waals surface area (Å²) in [5, 5.41) is 0. The molecule has 11 heavy (non-hydrogen) atoms. The Labute approximate surface area is 67.0 Å². The second-order valence-electron chi connectivity index (χ2n) is 2.17. The molecule has 0 fully saturated rings. The van der Waals surface area contributed by atoms with Crippen LogP contribution in [0, 0.1) is 0 Å². The molecule has 0 aromatic heterocycles. The summed E-state index contributed by atoms with van der Waals surface area (Å²) in [5.41, 5.74) is 0. The van der Waals surface area contributed by atoms with Crippen molar-refractivity contribution < 1.29 is 13.2 Å². The average Bonchev–Trinajstić information content (AvgIpc) is 2.00. The summed E-state index contributed by atoms with van der Waals surface area (Å²) in [4.78, 5) is 10.7. The summed E-state index contributed by atoms with van der Waals surface area (Å²) in [6.45, 7) is 1.72. The first-order chi connectivity index (χ1) is 5.02. The smallest absolute Gasteiger partial charge is 0.211 e. The highest BCUT2D eigenvalue weighted by atomic mass is 32.2. The van der Waals surface area contributed by atoms with E-state index in [4.69, 9.17) is 0 Å². The van der Waals surface area contributed by atoms with Crippen LogP contribution in [0.3, 0.4) is 0 Å². The topological polar surface area (TPSA) is 63.2 Å². The van der Waals surface area contributed by atoms with Crippen LogP contribution in [0.25, 0.3) is 0 Å². The molecule has 0 spiro atoms. The molecule has 0 atom stereocenters. The molecule has 0 aliphatic rings. The highest BCUT2D eigenvalue weighted by Gasteiger charge is 2.08. The van der Waals surface area contributed by atoms with Gasteiger partial charge in [0.1, 0.15) is 5.78 Å². The molecule has 0 aliphatic carbocycles. The number of nitrogens with one attached hydrogen (secondary N) is 1. The Morgan fingerprint density at radius 1 is 1.45 bits per heavy atom. The number of hydrogen-bond acceptors (Lipinski definition) is 3. The highest BCUT2D eigenvalue weighted by molar-refractivity contribution is 7.89. The maximum Gasteiger partial charge on any atom is 0.211 e. The van der Waals surface area contributed by atoms with E-state index in [9.17, 15) is 13.2 Å². The minimum atomic E-state index is -3.20. The molecule has 0 amide bonds. The summed E-state index contributed by atoms with van der Waals surface area (Å²) in [5.74, 6) is -0.125. The zero-order valence-corrected chi connectivity index (χ0v) is 7.57. The van der Waals surface area contributed by atoms with Gasteiger partial charge in [0, 0.05) is 12.8 Å². The predicted molar refractivity (Wildman–Crippen MR) is 42.8 cm³/mol. The number of rotatable bonds is 5. The van der Waals surface area contributed by atoms with Crippen LogP contribution in [0.2, 0.25) is 0 Å². The lowest BCUT2D eigenvalue weighted by Crippen LogP contribution is -2.23. The van der Waals surface area contributed by atoms with Crippen molar-refractivity contribution in [3.05, 3.63) is 0 Å². The van der Waals surface area contributed by atoms with Crippen LogP contribution in [-0.4, -0.2) is 27.0 Å². The van der Waals surface area contributed by atoms with Gasteiger partial charge in [-0.15, -0.1) is 0 Å². The van der Waals surface area contributed by atoms with E-state index in [2.05, 4.69) is 4.72 Å². The summed E-state index contributed by atoms with van der Waals surface area (Å²) in [6, 6.07) is 0. The van der Waals surface area contributed by atoms with Gasteiger partial charge in [0.15, 0.2) is 0 Å². The van der Waals surface area contributed by atoms with Crippen molar-refractivity contribution in [1.82, 2.24) is 4.72 Å². The van der Waals surface area contributed by atoms with Gasteiger partial charge in [0.25, 0.3) is 0 Å². The van der Waals surface area contributed by atoms with Crippen LogP contribution >= 0.6 is 0 Å². The van der Waals surface area contributed by atoms with E-state index in [1.54, 1.807) is 6.92 Å². The lowest BCUT2D eigenvalue weighted by Gasteiger charge is -1.99. The Hall–Kier alpha value is -0.420. The maximum atomic E-state index is 10.8. The van der Waals surface area contributed by atoms with Gasteiger partial charge in [0.05, 0.1) is 5.75 Å². The van der Waals surface area contributed by atoms with E-state index in [-0.39, 0.29) is 18.0 Å². The van der Waals surface area contributed by atoms with Gasteiger partial charge in [-0.3, -0.25) is 4.79 Å². The molecule has 0 saturated heterocycles. The number of hydrogen-bond donors (Lipinski definition) is 1. The van der Waals surface area contributed by atoms with E-state index in [0.29, 0.717) is 6.42 Å². The van der Waals surface area contributed by atoms with Gasteiger partial charge in [-0.1, -0.05) is 6.92 Å². The van der Waals surface area contributed by atoms with Crippen molar-refractivity contribution in [3.63, 3.8) is 0 Å². The minimum Gasteiger partial charge on any atom is -0.300 e. The Kier molecular flexibility index (Phi) is 4.29. The van der Waals surface area contributed by atoms with Crippen molar-refractivity contribution in [2.75, 3.05) is 12.8 Å². The summed E-state index contributed by atoms with van der Waals surface area (Å²) in [6.07, 6.45) is 0.513. The first kappa shape index (κ1) is 10.6. The third kappa shape index (κ3) is 4.92. The van der Waals surface area contributed by atoms with Crippen molar-refractivity contribution in [2.24, 2.45) is 0 Å².